The van der Waals surface area contributed by atoms with Crippen LogP contribution in [0.25, 0.3) is 0 Å². The van der Waals surface area contributed by atoms with E-state index in [1.165, 1.54) is 12.1 Å². The van der Waals surface area contributed by atoms with Crippen molar-refractivity contribution in [1.29, 1.82) is 0 Å². The first-order valence-corrected chi connectivity index (χ1v) is 7.33. The molecule has 23 heavy (non-hydrogen) atoms. The molecule has 2 rings (SSSR count). The Morgan fingerprint density at radius 3 is 2.30 bits per heavy atom. The summed E-state index contributed by atoms with van der Waals surface area (Å²) in [6.45, 7) is 3.49. The van der Waals surface area contributed by atoms with Gasteiger partial charge in [0, 0.05) is 16.1 Å². The summed E-state index contributed by atoms with van der Waals surface area (Å²) in [5.41, 5.74) is -0.316. The Labute approximate surface area is 137 Å². The van der Waals surface area contributed by atoms with Crippen LogP contribution in [-0.2, 0) is 11.0 Å². The van der Waals surface area contributed by atoms with Crippen LogP contribution in [0.4, 0.5) is 13.2 Å². The molecule has 0 bridgehead atoms. The van der Waals surface area contributed by atoms with Crippen LogP contribution in [0.1, 0.15) is 30.5 Å². The maximum atomic E-state index is 13.3. The third kappa shape index (κ3) is 4.48. The monoisotopic (exact) mass is 341 g/mol. The van der Waals surface area contributed by atoms with Gasteiger partial charge < -0.3 is 4.84 Å². The Hall–Kier alpha value is -2.01. The Balaban J connectivity index is 2.65. The van der Waals surface area contributed by atoms with E-state index < -0.39 is 11.7 Å². The quantitative estimate of drug-likeness (QED) is 0.529. The van der Waals surface area contributed by atoms with Crippen LogP contribution >= 0.6 is 11.6 Å². The highest BCUT2D eigenvalue weighted by Crippen LogP contribution is 2.34. The van der Waals surface area contributed by atoms with E-state index in [9.17, 15) is 13.2 Å². The van der Waals surface area contributed by atoms with Crippen molar-refractivity contribution in [2.75, 3.05) is 0 Å². The van der Waals surface area contributed by atoms with Gasteiger partial charge in [0.1, 0.15) is 11.8 Å². The average Bonchev–Trinajstić information content (AvgIpc) is 2.47. The number of benzene rings is 2. The summed E-state index contributed by atoms with van der Waals surface area (Å²) < 4.78 is 39.9. The number of hydrogen-bond donors (Lipinski definition) is 0. The lowest BCUT2D eigenvalue weighted by molar-refractivity contribution is -0.137. The maximum absolute atomic E-state index is 13.3. The molecule has 0 saturated carbocycles. The second-order valence-corrected chi connectivity index (χ2v) is 5.58. The zero-order chi connectivity index (χ0) is 17.0. The molecule has 0 saturated heterocycles. The minimum absolute atomic E-state index is 0.0918. The summed E-state index contributed by atoms with van der Waals surface area (Å²) in [4.78, 5) is 5.20. The molecule has 0 amide bonds. The highest BCUT2D eigenvalue weighted by molar-refractivity contribution is 6.31. The average molecular weight is 342 g/mol. The molecular formula is C17H15ClF3NO. The largest absolute Gasteiger partial charge is 0.417 e. The van der Waals surface area contributed by atoms with Gasteiger partial charge in [0.25, 0.3) is 0 Å². The van der Waals surface area contributed by atoms with Crippen LogP contribution in [0.5, 0.6) is 0 Å². The summed E-state index contributed by atoms with van der Waals surface area (Å²) in [5.74, 6) is 0. The van der Waals surface area contributed by atoms with E-state index in [1.54, 1.807) is 44.2 Å². The van der Waals surface area contributed by atoms with Gasteiger partial charge in [-0.2, -0.15) is 13.2 Å². The molecule has 0 radical (unpaired) electrons. The number of alkyl halides is 3. The van der Waals surface area contributed by atoms with E-state index >= 15 is 0 Å². The number of nitrogens with zero attached hydrogens (tertiary/aromatic N) is 1. The zero-order valence-corrected chi connectivity index (χ0v) is 13.3. The number of oxime groups is 1. The molecule has 2 aromatic carbocycles. The maximum Gasteiger partial charge on any atom is 0.417 e. The lowest BCUT2D eigenvalue weighted by Gasteiger charge is -2.15. The molecule has 0 aliphatic rings. The van der Waals surface area contributed by atoms with Crippen molar-refractivity contribution < 1.29 is 18.0 Å². The van der Waals surface area contributed by atoms with Crippen LogP contribution in [0, 0.1) is 0 Å². The molecule has 0 N–H and O–H groups in total. The number of hydrogen-bond acceptors (Lipinski definition) is 2. The van der Waals surface area contributed by atoms with Gasteiger partial charge in [-0.25, -0.2) is 0 Å². The molecule has 6 heteroatoms. The van der Waals surface area contributed by atoms with E-state index in [2.05, 4.69) is 5.16 Å². The standard InChI is InChI=1S/C17H15ClF3NO/c1-11(2)23-22-16(12-6-4-3-5-7-12)14-10-13(18)8-9-15(14)17(19,20)21/h3-11H,1-2H3. The topological polar surface area (TPSA) is 21.6 Å². The Bertz CT molecular complexity index is 697. The third-order valence-corrected chi connectivity index (χ3v) is 3.18. The van der Waals surface area contributed by atoms with Crippen molar-refractivity contribution in [2.24, 2.45) is 5.16 Å². The summed E-state index contributed by atoms with van der Waals surface area (Å²) in [6, 6.07) is 12.0. The number of halogens is 4. The van der Waals surface area contributed by atoms with Crippen LogP contribution in [0.3, 0.4) is 0 Å². The minimum atomic E-state index is -4.52. The van der Waals surface area contributed by atoms with Crippen molar-refractivity contribution in [3.8, 4) is 0 Å². The van der Waals surface area contributed by atoms with E-state index in [4.69, 9.17) is 16.4 Å². The molecule has 122 valence electrons. The van der Waals surface area contributed by atoms with Gasteiger partial charge in [-0.3, -0.25) is 0 Å². The lowest BCUT2D eigenvalue weighted by atomic mass is 9.97. The molecule has 0 aromatic heterocycles. The second-order valence-electron chi connectivity index (χ2n) is 5.15. The normalized spacial score (nSPS) is 12.6. The first-order chi connectivity index (χ1) is 10.8. The lowest BCUT2D eigenvalue weighted by Crippen LogP contribution is -2.15. The van der Waals surface area contributed by atoms with Gasteiger partial charge in [-0.1, -0.05) is 47.1 Å². The van der Waals surface area contributed by atoms with Crippen LogP contribution < -0.4 is 0 Å². The molecule has 0 heterocycles. The predicted octanol–water partition coefficient (Wildman–Crippen LogP) is 5.54. The van der Waals surface area contributed by atoms with Crippen molar-refractivity contribution in [1.82, 2.24) is 0 Å². The van der Waals surface area contributed by atoms with E-state index in [-0.39, 0.29) is 22.4 Å². The first kappa shape index (κ1) is 17.3. The predicted molar refractivity (Wildman–Crippen MR) is 84.8 cm³/mol. The Morgan fingerprint density at radius 1 is 1.09 bits per heavy atom. The Morgan fingerprint density at radius 2 is 1.74 bits per heavy atom. The van der Waals surface area contributed by atoms with Crippen LogP contribution in [0.15, 0.2) is 53.7 Å². The van der Waals surface area contributed by atoms with Gasteiger partial charge in [-0.15, -0.1) is 0 Å². The fourth-order valence-electron chi connectivity index (χ4n) is 1.97. The van der Waals surface area contributed by atoms with Crippen molar-refractivity contribution in [2.45, 2.75) is 26.1 Å². The first-order valence-electron chi connectivity index (χ1n) is 6.95. The molecule has 2 nitrogen and oxygen atoms in total. The molecule has 0 atom stereocenters. The van der Waals surface area contributed by atoms with Crippen LogP contribution in [0.2, 0.25) is 5.02 Å². The fourth-order valence-corrected chi connectivity index (χ4v) is 2.14. The summed E-state index contributed by atoms with van der Waals surface area (Å²) in [6.07, 6.45) is -4.78. The van der Waals surface area contributed by atoms with Crippen molar-refractivity contribution in [3.05, 3.63) is 70.2 Å². The molecule has 0 aliphatic carbocycles. The molecule has 0 fully saturated rings. The van der Waals surface area contributed by atoms with E-state index in [0.29, 0.717) is 5.56 Å². The van der Waals surface area contributed by atoms with Gasteiger partial charge >= 0.3 is 6.18 Å². The van der Waals surface area contributed by atoms with Gasteiger partial charge in [0.05, 0.1) is 5.56 Å². The molecule has 0 spiro atoms. The minimum Gasteiger partial charge on any atom is -0.393 e. The molecule has 0 unspecified atom stereocenters. The SMILES string of the molecule is CC(C)ON=C(c1ccccc1)c1cc(Cl)ccc1C(F)(F)F. The summed E-state index contributed by atoms with van der Waals surface area (Å²) in [5, 5.41) is 4.13. The Kier molecular flexibility index (Phi) is 5.31. The third-order valence-electron chi connectivity index (χ3n) is 2.94. The smallest absolute Gasteiger partial charge is 0.393 e. The molecular weight excluding hydrogens is 327 g/mol. The molecule has 0 aliphatic heterocycles. The fraction of sp³-hybridized carbons (Fsp3) is 0.235. The highest BCUT2D eigenvalue weighted by Gasteiger charge is 2.35. The van der Waals surface area contributed by atoms with Crippen molar-refractivity contribution in [3.63, 3.8) is 0 Å². The summed E-state index contributed by atoms with van der Waals surface area (Å²) in [7, 11) is 0. The molecule has 2 aromatic rings. The van der Waals surface area contributed by atoms with E-state index in [1.807, 2.05) is 0 Å². The number of rotatable bonds is 4. The van der Waals surface area contributed by atoms with Gasteiger partial charge in [-0.05, 0) is 32.0 Å². The highest BCUT2D eigenvalue weighted by atomic mass is 35.5. The summed E-state index contributed by atoms with van der Waals surface area (Å²) >= 11 is 5.90. The van der Waals surface area contributed by atoms with E-state index in [0.717, 1.165) is 6.07 Å². The van der Waals surface area contributed by atoms with Gasteiger partial charge in [0.15, 0.2) is 0 Å². The van der Waals surface area contributed by atoms with Crippen LogP contribution in [-0.4, -0.2) is 11.8 Å². The second kappa shape index (κ2) is 7.04. The zero-order valence-electron chi connectivity index (χ0n) is 12.6. The van der Waals surface area contributed by atoms with Crippen molar-refractivity contribution >= 4 is 17.3 Å². The van der Waals surface area contributed by atoms with Gasteiger partial charge in [0.2, 0.25) is 0 Å².